The van der Waals surface area contributed by atoms with Crippen LogP contribution < -0.4 is 5.19 Å². The highest BCUT2D eigenvalue weighted by Crippen LogP contribution is 2.42. The largest absolute Gasteiger partial charge is 0.508 e. The topological polar surface area (TPSA) is 74.6 Å². The number of carboxylic acids is 1. The van der Waals surface area contributed by atoms with Gasteiger partial charge in [-0.05, 0) is 63.0 Å². The van der Waals surface area contributed by atoms with Crippen molar-refractivity contribution in [2.45, 2.75) is 13.1 Å². The number of allylic oxidation sites excluding steroid dienone is 5. The molecule has 2 aromatic rings. The van der Waals surface area contributed by atoms with Gasteiger partial charge in [-0.3, -0.25) is 4.79 Å². The number of carbonyl (C=O) groups excluding carboxylic acids is 1. The molecule has 0 aromatic heterocycles. The first-order valence-electron chi connectivity index (χ1n) is 8.66. The lowest BCUT2D eigenvalue weighted by molar-refractivity contribution is -0.110. The zero-order valence-electron chi connectivity index (χ0n) is 15.0. The van der Waals surface area contributed by atoms with Gasteiger partial charge in [-0.15, -0.1) is 0 Å². The minimum absolute atomic E-state index is 0.0659. The Bertz CT molecular complexity index is 1100. The van der Waals surface area contributed by atoms with E-state index in [9.17, 15) is 19.8 Å². The first-order valence-corrected chi connectivity index (χ1v) is 11.7. The van der Waals surface area contributed by atoms with Crippen molar-refractivity contribution in [2.24, 2.45) is 0 Å². The summed E-state index contributed by atoms with van der Waals surface area (Å²) in [6, 6.07) is 12.1. The van der Waals surface area contributed by atoms with Crippen molar-refractivity contribution in [3.63, 3.8) is 0 Å². The molecule has 2 aromatic carbocycles. The number of carboxylic acid groups (broad SMARTS) is 1. The number of aromatic hydroxyl groups is 1. The second-order valence-corrected chi connectivity index (χ2v) is 11.6. The Hall–Kier alpha value is -3.18. The average molecular weight is 374 g/mol. The van der Waals surface area contributed by atoms with Crippen LogP contribution in [-0.4, -0.2) is 30.0 Å². The number of rotatable bonds is 2. The van der Waals surface area contributed by atoms with E-state index in [1.54, 1.807) is 42.5 Å². The van der Waals surface area contributed by atoms with Crippen molar-refractivity contribution in [3.8, 4) is 5.75 Å². The molecule has 134 valence electrons. The molecule has 2 aliphatic rings. The highest BCUT2D eigenvalue weighted by molar-refractivity contribution is 6.98. The summed E-state index contributed by atoms with van der Waals surface area (Å²) in [5, 5.41) is 21.7. The van der Waals surface area contributed by atoms with Crippen LogP contribution in [-0.2, 0) is 4.79 Å². The third-order valence-electron chi connectivity index (χ3n) is 5.31. The average Bonchev–Trinajstić information content (AvgIpc) is 2.63. The van der Waals surface area contributed by atoms with E-state index in [2.05, 4.69) is 13.1 Å². The van der Waals surface area contributed by atoms with Gasteiger partial charge >= 0.3 is 5.97 Å². The van der Waals surface area contributed by atoms with Gasteiger partial charge in [-0.25, -0.2) is 4.79 Å². The van der Waals surface area contributed by atoms with Crippen LogP contribution in [0.25, 0.3) is 5.57 Å². The van der Waals surface area contributed by atoms with Gasteiger partial charge in [-0.1, -0.05) is 43.4 Å². The summed E-state index contributed by atoms with van der Waals surface area (Å²) in [7, 11) is -2.24. The van der Waals surface area contributed by atoms with E-state index in [4.69, 9.17) is 0 Å². The molecule has 2 N–H and O–H groups in total. The van der Waals surface area contributed by atoms with Crippen LogP contribution in [0.3, 0.4) is 0 Å². The molecule has 0 radical (unpaired) electrons. The molecule has 5 heteroatoms. The lowest BCUT2D eigenvalue weighted by atomic mass is 9.87. The van der Waals surface area contributed by atoms with E-state index in [0.717, 1.165) is 27.1 Å². The molecule has 1 heterocycles. The van der Waals surface area contributed by atoms with Crippen LogP contribution in [0.2, 0.25) is 13.1 Å². The van der Waals surface area contributed by atoms with E-state index < -0.39 is 14.0 Å². The van der Waals surface area contributed by atoms with Gasteiger partial charge in [0.2, 0.25) is 0 Å². The van der Waals surface area contributed by atoms with Crippen molar-refractivity contribution in [2.75, 3.05) is 0 Å². The Morgan fingerprint density at radius 3 is 2.48 bits per heavy atom. The van der Waals surface area contributed by atoms with Crippen molar-refractivity contribution in [3.05, 3.63) is 88.2 Å². The lowest BCUT2D eigenvalue weighted by Crippen LogP contribution is -2.49. The number of benzene rings is 2. The molecule has 0 bridgehead atoms. The van der Waals surface area contributed by atoms with Crippen LogP contribution in [0.5, 0.6) is 5.75 Å². The summed E-state index contributed by atoms with van der Waals surface area (Å²) in [6.07, 6.45) is 4.99. The van der Waals surface area contributed by atoms with E-state index in [1.165, 1.54) is 6.08 Å². The number of ketones is 1. The third kappa shape index (κ3) is 2.59. The molecule has 0 fully saturated rings. The highest BCUT2D eigenvalue weighted by atomic mass is 28.3. The molecule has 1 aliphatic carbocycles. The zero-order chi connectivity index (χ0) is 19.3. The molecule has 0 atom stereocenters. The number of hydrogen-bond donors (Lipinski definition) is 2. The highest BCUT2D eigenvalue weighted by Gasteiger charge is 2.40. The van der Waals surface area contributed by atoms with Gasteiger partial charge in [0.05, 0.1) is 5.56 Å². The number of hydrogen-bond acceptors (Lipinski definition) is 3. The summed E-state index contributed by atoms with van der Waals surface area (Å²) in [6.45, 7) is 4.28. The number of phenols is 1. The minimum Gasteiger partial charge on any atom is -0.508 e. The first-order chi connectivity index (χ1) is 12.8. The fourth-order valence-corrected chi connectivity index (χ4v) is 7.06. The molecular weight excluding hydrogens is 356 g/mol. The quantitative estimate of drug-likeness (QED) is 0.790. The smallest absolute Gasteiger partial charge is 0.336 e. The summed E-state index contributed by atoms with van der Waals surface area (Å²) in [5.41, 5.74) is 3.44. The number of fused-ring (bicyclic) bond motifs is 2. The molecule has 0 saturated carbocycles. The maximum atomic E-state index is 12.1. The van der Waals surface area contributed by atoms with Crippen LogP contribution in [0.4, 0.5) is 0 Å². The maximum absolute atomic E-state index is 12.1. The Balaban J connectivity index is 2.15. The Morgan fingerprint density at radius 2 is 1.74 bits per heavy atom. The summed E-state index contributed by atoms with van der Waals surface area (Å²) >= 11 is 0. The van der Waals surface area contributed by atoms with Gasteiger partial charge in [0.15, 0.2) is 5.78 Å². The molecule has 4 rings (SSSR count). The van der Waals surface area contributed by atoms with Gasteiger partial charge < -0.3 is 10.2 Å². The van der Waals surface area contributed by atoms with Crippen molar-refractivity contribution >= 4 is 30.6 Å². The zero-order valence-corrected chi connectivity index (χ0v) is 16.0. The SMILES string of the molecule is C[Si]1(C)C2=CC(=O)C=CC2=C(c2ccccc2C(=O)O)c2ccc(O)cc21. The molecule has 0 amide bonds. The Kier molecular flexibility index (Phi) is 3.78. The second-order valence-electron chi connectivity index (χ2n) is 7.29. The fraction of sp³-hybridized carbons (Fsp3) is 0.0909. The minimum atomic E-state index is -2.24. The second kappa shape index (κ2) is 5.92. The first kappa shape index (κ1) is 17.2. The number of aromatic carboxylic acids is 1. The predicted octanol–water partition coefficient (Wildman–Crippen LogP) is 3.43. The summed E-state index contributed by atoms with van der Waals surface area (Å²) in [4.78, 5) is 23.9. The Morgan fingerprint density at radius 1 is 1.00 bits per heavy atom. The van der Waals surface area contributed by atoms with E-state index in [0.29, 0.717) is 5.56 Å². The van der Waals surface area contributed by atoms with Gasteiger partial charge in [0.25, 0.3) is 0 Å². The van der Waals surface area contributed by atoms with Crippen molar-refractivity contribution in [1.29, 1.82) is 0 Å². The standard InChI is InChI=1S/C22H18O4Si/c1-27(2)19-11-13(23)7-9-17(19)21(18-10-8-14(24)12-20(18)27)15-5-3-4-6-16(15)22(25)26/h3-12,23H,1-2H3,(H,25,26). The molecule has 0 spiro atoms. The predicted molar refractivity (Wildman–Crippen MR) is 107 cm³/mol. The number of carbonyl (C=O) groups is 2. The van der Waals surface area contributed by atoms with E-state index in [-0.39, 0.29) is 17.1 Å². The van der Waals surface area contributed by atoms with Gasteiger partial charge in [0.1, 0.15) is 13.8 Å². The van der Waals surface area contributed by atoms with Crippen molar-refractivity contribution < 1.29 is 19.8 Å². The fourth-order valence-electron chi connectivity index (χ4n) is 3.99. The lowest BCUT2D eigenvalue weighted by Gasteiger charge is -2.37. The molecule has 27 heavy (non-hydrogen) atoms. The molecule has 1 aliphatic heterocycles. The molecule has 4 nitrogen and oxygen atoms in total. The number of phenolic OH excluding ortho intramolecular Hbond substituents is 1. The van der Waals surface area contributed by atoms with Gasteiger partial charge in [0, 0.05) is 0 Å². The van der Waals surface area contributed by atoms with E-state index >= 15 is 0 Å². The normalized spacial score (nSPS) is 17.3. The van der Waals surface area contributed by atoms with Crippen LogP contribution in [0, 0.1) is 0 Å². The molecule has 0 unspecified atom stereocenters. The van der Waals surface area contributed by atoms with Crippen LogP contribution in [0.1, 0.15) is 21.5 Å². The maximum Gasteiger partial charge on any atom is 0.336 e. The monoisotopic (exact) mass is 374 g/mol. The van der Waals surface area contributed by atoms with E-state index in [1.807, 2.05) is 12.1 Å². The third-order valence-corrected chi connectivity index (χ3v) is 8.83. The van der Waals surface area contributed by atoms with Crippen LogP contribution in [0.15, 0.2) is 71.5 Å². The van der Waals surface area contributed by atoms with Crippen LogP contribution >= 0.6 is 0 Å². The van der Waals surface area contributed by atoms with Crippen molar-refractivity contribution in [1.82, 2.24) is 0 Å². The Labute approximate surface area is 157 Å². The summed E-state index contributed by atoms with van der Waals surface area (Å²) in [5.74, 6) is -0.895. The van der Waals surface area contributed by atoms with Gasteiger partial charge in [-0.2, -0.15) is 0 Å². The molecule has 0 saturated heterocycles. The summed E-state index contributed by atoms with van der Waals surface area (Å²) < 4.78 is 0. The molecular formula is C22H18O4Si.